The maximum atomic E-state index is 4.39. The van der Waals surface area contributed by atoms with Crippen molar-refractivity contribution in [3.8, 4) is 0 Å². The number of anilines is 2. The Balaban J connectivity index is 1.67. The van der Waals surface area contributed by atoms with Gasteiger partial charge in [0.1, 0.15) is 18.0 Å². The number of benzene rings is 1. The van der Waals surface area contributed by atoms with Gasteiger partial charge in [0.15, 0.2) is 0 Å². The van der Waals surface area contributed by atoms with Crippen LogP contribution >= 0.6 is 27.7 Å². The largest absolute Gasteiger partial charge is 0.366 e. The molecule has 0 amide bonds. The Morgan fingerprint density at radius 1 is 1.19 bits per heavy atom. The lowest BCUT2D eigenvalue weighted by atomic mass is 10.2. The zero-order chi connectivity index (χ0) is 14.5. The Morgan fingerprint density at radius 2 is 2.00 bits per heavy atom. The normalized spacial score (nSPS) is 15.0. The molecule has 2 heterocycles. The first-order valence-corrected chi connectivity index (χ1v) is 8.90. The van der Waals surface area contributed by atoms with E-state index in [1.165, 1.54) is 17.1 Å². The van der Waals surface area contributed by atoms with Gasteiger partial charge in [-0.25, -0.2) is 9.97 Å². The van der Waals surface area contributed by atoms with Crippen LogP contribution in [0, 0.1) is 0 Å². The van der Waals surface area contributed by atoms with Crippen molar-refractivity contribution in [2.75, 3.05) is 34.8 Å². The Kier molecular flexibility index (Phi) is 4.98. The maximum absolute atomic E-state index is 4.39. The highest BCUT2D eigenvalue weighted by molar-refractivity contribution is 9.10. The topological polar surface area (TPSA) is 41.0 Å². The number of aromatic nitrogens is 2. The first kappa shape index (κ1) is 14.7. The standard InChI is InChI=1S/C15H17BrN4S/c16-13-4-2-1-3-12(13)10-17-14-9-15(19-11-18-14)20-5-7-21-8-6-20/h1-4,9,11H,5-8,10H2,(H,17,18,19). The van der Waals surface area contributed by atoms with E-state index in [2.05, 4.69) is 42.2 Å². The fraction of sp³-hybridized carbons (Fsp3) is 0.333. The molecule has 6 heteroatoms. The number of nitrogens with one attached hydrogen (secondary N) is 1. The summed E-state index contributed by atoms with van der Waals surface area (Å²) in [6.07, 6.45) is 1.64. The average molecular weight is 365 g/mol. The lowest BCUT2D eigenvalue weighted by Gasteiger charge is -2.27. The van der Waals surface area contributed by atoms with E-state index in [9.17, 15) is 0 Å². The molecule has 1 saturated heterocycles. The predicted molar refractivity (Wildman–Crippen MR) is 93.0 cm³/mol. The third-order valence-corrected chi connectivity index (χ3v) is 5.12. The highest BCUT2D eigenvalue weighted by Gasteiger charge is 2.12. The summed E-state index contributed by atoms with van der Waals surface area (Å²) in [5, 5.41) is 3.37. The van der Waals surface area contributed by atoms with Gasteiger partial charge in [-0.05, 0) is 11.6 Å². The lowest BCUT2D eigenvalue weighted by molar-refractivity contribution is 0.835. The molecule has 1 aromatic carbocycles. The molecule has 3 rings (SSSR count). The minimum Gasteiger partial charge on any atom is -0.366 e. The number of rotatable bonds is 4. The molecule has 1 aromatic heterocycles. The van der Waals surface area contributed by atoms with Gasteiger partial charge in [0.05, 0.1) is 0 Å². The minimum atomic E-state index is 0.744. The van der Waals surface area contributed by atoms with Gasteiger partial charge in [-0.15, -0.1) is 0 Å². The van der Waals surface area contributed by atoms with E-state index in [1.54, 1.807) is 6.33 Å². The van der Waals surface area contributed by atoms with Crippen molar-refractivity contribution in [1.29, 1.82) is 0 Å². The highest BCUT2D eigenvalue weighted by Crippen LogP contribution is 2.20. The second-order valence-electron chi connectivity index (χ2n) is 4.81. The van der Waals surface area contributed by atoms with Crippen molar-refractivity contribution in [1.82, 2.24) is 9.97 Å². The molecule has 0 atom stereocenters. The summed E-state index contributed by atoms with van der Waals surface area (Å²) < 4.78 is 1.11. The van der Waals surface area contributed by atoms with Crippen LogP contribution in [-0.2, 0) is 6.54 Å². The first-order chi connectivity index (χ1) is 10.3. The monoisotopic (exact) mass is 364 g/mol. The second-order valence-corrected chi connectivity index (χ2v) is 6.88. The Labute approximate surface area is 137 Å². The van der Waals surface area contributed by atoms with Gasteiger partial charge in [-0.1, -0.05) is 34.1 Å². The Bertz CT molecular complexity index is 602. The molecule has 1 aliphatic rings. The lowest BCUT2D eigenvalue weighted by Crippen LogP contribution is -2.33. The van der Waals surface area contributed by atoms with Crippen LogP contribution in [0.25, 0.3) is 0 Å². The highest BCUT2D eigenvalue weighted by atomic mass is 79.9. The number of hydrogen-bond acceptors (Lipinski definition) is 5. The zero-order valence-corrected chi connectivity index (χ0v) is 14.0. The van der Waals surface area contributed by atoms with Crippen LogP contribution in [0.15, 0.2) is 41.1 Å². The molecule has 0 saturated carbocycles. The van der Waals surface area contributed by atoms with Crippen LogP contribution in [0.1, 0.15) is 5.56 Å². The number of hydrogen-bond donors (Lipinski definition) is 1. The second kappa shape index (κ2) is 7.13. The van der Waals surface area contributed by atoms with E-state index < -0.39 is 0 Å². The van der Waals surface area contributed by atoms with Gasteiger partial charge >= 0.3 is 0 Å². The summed E-state index contributed by atoms with van der Waals surface area (Å²) >= 11 is 5.56. The van der Waals surface area contributed by atoms with Gasteiger partial charge in [0.25, 0.3) is 0 Å². The molecule has 0 aliphatic carbocycles. The van der Waals surface area contributed by atoms with Crippen molar-refractivity contribution in [2.45, 2.75) is 6.54 Å². The summed E-state index contributed by atoms with van der Waals surface area (Å²) in [5.74, 6) is 4.22. The van der Waals surface area contributed by atoms with Gasteiger partial charge in [-0.3, -0.25) is 0 Å². The van der Waals surface area contributed by atoms with Crippen molar-refractivity contribution in [3.05, 3.63) is 46.7 Å². The summed E-state index contributed by atoms with van der Waals surface area (Å²) in [4.78, 5) is 11.0. The van der Waals surface area contributed by atoms with Crippen LogP contribution in [0.2, 0.25) is 0 Å². The SMILES string of the molecule is Brc1ccccc1CNc1cc(N2CCSCC2)ncn1. The molecule has 2 aromatic rings. The average Bonchev–Trinajstić information content (AvgIpc) is 2.55. The van der Waals surface area contributed by atoms with E-state index in [1.807, 2.05) is 36.0 Å². The quantitative estimate of drug-likeness (QED) is 0.900. The number of nitrogens with zero attached hydrogens (tertiary/aromatic N) is 3. The van der Waals surface area contributed by atoms with Crippen LogP contribution in [0.5, 0.6) is 0 Å². The Hall–Kier alpha value is -1.27. The Morgan fingerprint density at radius 3 is 2.81 bits per heavy atom. The molecule has 0 bridgehead atoms. The van der Waals surface area contributed by atoms with Crippen LogP contribution in [0.4, 0.5) is 11.6 Å². The summed E-state index contributed by atoms with van der Waals surface area (Å²) in [6, 6.07) is 10.2. The molecule has 0 unspecified atom stereocenters. The molecule has 110 valence electrons. The zero-order valence-electron chi connectivity index (χ0n) is 11.6. The molecular weight excluding hydrogens is 348 g/mol. The first-order valence-electron chi connectivity index (χ1n) is 6.95. The molecule has 0 radical (unpaired) electrons. The van der Waals surface area contributed by atoms with Crippen LogP contribution in [-0.4, -0.2) is 34.6 Å². The molecule has 1 fully saturated rings. The van der Waals surface area contributed by atoms with E-state index in [-0.39, 0.29) is 0 Å². The fourth-order valence-corrected chi connectivity index (χ4v) is 3.56. The maximum Gasteiger partial charge on any atom is 0.134 e. The van der Waals surface area contributed by atoms with Crippen LogP contribution in [0.3, 0.4) is 0 Å². The molecule has 0 spiro atoms. The summed E-state index contributed by atoms with van der Waals surface area (Å²) in [5.41, 5.74) is 1.21. The third kappa shape index (κ3) is 3.89. The van der Waals surface area contributed by atoms with E-state index in [0.717, 1.165) is 35.7 Å². The van der Waals surface area contributed by atoms with Crippen molar-refractivity contribution in [2.24, 2.45) is 0 Å². The summed E-state index contributed by atoms with van der Waals surface area (Å²) in [6.45, 7) is 2.87. The summed E-state index contributed by atoms with van der Waals surface area (Å²) in [7, 11) is 0. The van der Waals surface area contributed by atoms with E-state index in [0.29, 0.717) is 0 Å². The molecule has 4 nitrogen and oxygen atoms in total. The number of halogens is 1. The van der Waals surface area contributed by atoms with Crippen molar-refractivity contribution < 1.29 is 0 Å². The van der Waals surface area contributed by atoms with E-state index in [4.69, 9.17) is 0 Å². The van der Waals surface area contributed by atoms with Crippen molar-refractivity contribution >= 4 is 39.3 Å². The van der Waals surface area contributed by atoms with Gasteiger partial charge in [0, 0.05) is 41.7 Å². The smallest absolute Gasteiger partial charge is 0.134 e. The van der Waals surface area contributed by atoms with Gasteiger partial charge in [0.2, 0.25) is 0 Å². The van der Waals surface area contributed by atoms with Crippen LogP contribution < -0.4 is 10.2 Å². The fourth-order valence-electron chi connectivity index (χ4n) is 2.24. The predicted octanol–water partition coefficient (Wildman–Crippen LogP) is 3.40. The van der Waals surface area contributed by atoms with Crippen molar-refractivity contribution in [3.63, 3.8) is 0 Å². The van der Waals surface area contributed by atoms with Gasteiger partial charge in [-0.2, -0.15) is 11.8 Å². The molecular formula is C15H17BrN4S. The number of thioether (sulfide) groups is 1. The van der Waals surface area contributed by atoms with E-state index >= 15 is 0 Å². The van der Waals surface area contributed by atoms with Gasteiger partial charge < -0.3 is 10.2 Å². The minimum absolute atomic E-state index is 0.744. The molecule has 1 aliphatic heterocycles. The molecule has 21 heavy (non-hydrogen) atoms. The molecule has 1 N–H and O–H groups in total. The third-order valence-electron chi connectivity index (χ3n) is 3.41.